The molecular weight excluding hydrogens is 392 g/mol. The largest absolute Gasteiger partial charge is 0.497 e. The Labute approximate surface area is 171 Å². The van der Waals surface area contributed by atoms with Gasteiger partial charge in [-0.05, 0) is 43.2 Å². The van der Waals surface area contributed by atoms with E-state index in [2.05, 4.69) is 0 Å². The Morgan fingerprint density at radius 1 is 1.10 bits per heavy atom. The van der Waals surface area contributed by atoms with Crippen LogP contribution < -0.4 is 9.47 Å². The summed E-state index contributed by atoms with van der Waals surface area (Å²) >= 11 is 0. The number of ether oxygens (including phenoxy) is 2. The van der Waals surface area contributed by atoms with Crippen molar-refractivity contribution in [1.82, 2.24) is 9.21 Å². The number of likely N-dealkylation sites (tertiary alicyclic amines) is 1. The van der Waals surface area contributed by atoms with Crippen molar-refractivity contribution in [2.75, 3.05) is 34.9 Å². The number of sulfonamides is 1. The highest BCUT2D eigenvalue weighted by atomic mass is 32.2. The van der Waals surface area contributed by atoms with Crippen LogP contribution in [0, 0.1) is 0 Å². The molecule has 1 saturated heterocycles. The molecule has 156 valence electrons. The van der Waals surface area contributed by atoms with Crippen LogP contribution in [0.2, 0.25) is 0 Å². The molecule has 8 heteroatoms. The maximum absolute atomic E-state index is 13.3. The van der Waals surface area contributed by atoms with E-state index < -0.39 is 10.0 Å². The number of rotatable bonds is 6. The Morgan fingerprint density at radius 3 is 2.52 bits per heavy atom. The molecule has 3 rings (SSSR count). The van der Waals surface area contributed by atoms with E-state index in [1.807, 2.05) is 12.1 Å². The molecule has 2 aromatic carbocycles. The number of nitrogens with zero attached hydrogens (tertiary/aromatic N) is 2. The van der Waals surface area contributed by atoms with Crippen LogP contribution in [0.25, 0.3) is 0 Å². The molecule has 1 unspecified atom stereocenters. The lowest BCUT2D eigenvalue weighted by Gasteiger charge is -2.27. The molecular formula is C21H26N2O5S. The first kappa shape index (κ1) is 21.1. The van der Waals surface area contributed by atoms with Crippen LogP contribution in [0.15, 0.2) is 47.4 Å². The zero-order valence-corrected chi connectivity index (χ0v) is 17.9. The Balaban J connectivity index is 1.94. The Bertz CT molecular complexity index is 1000. The predicted octanol–water partition coefficient (Wildman–Crippen LogP) is 2.93. The molecule has 1 heterocycles. The van der Waals surface area contributed by atoms with Gasteiger partial charge >= 0.3 is 0 Å². The van der Waals surface area contributed by atoms with E-state index in [4.69, 9.17) is 9.47 Å². The molecule has 2 aromatic rings. The fourth-order valence-corrected chi connectivity index (χ4v) is 4.54. The van der Waals surface area contributed by atoms with Gasteiger partial charge < -0.3 is 14.4 Å². The topological polar surface area (TPSA) is 76.2 Å². The molecule has 1 amide bonds. The van der Waals surface area contributed by atoms with Crippen molar-refractivity contribution in [3.63, 3.8) is 0 Å². The lowest BCUT2D eigenvalue weighted by molar-refractivity contribution is 0.0734. The minimum Gasteiger partial charge on any atom is -0.497 e. The van der Waals surface area contributed by atoms with Gasteiger partial charge in [0, 0.05) is 37.8 Å². The maximum atomic E-state index is 13.3. The summed E-state index contributed by atoms with van der Waals surface area (Å²) < 4.78 is 36.8. The van der Waals surface area contributed by atoms with Crippen LogP contribution in [0.3, 0.4) is 0 Å². The molecule has 1 fully saturated rings. The zero-order chi connectivity index (χ0) is 21.2. The van der Waals surface area contributed by atoms with E-state index in [9.17, 15) is 13.2 Å². The second-order valence-electron chi connectivity index (χ2n) is 7.08. The first-order valence-electron chi connectivity index (χ1n) is 9.35. The minimum atomic E-state index is -3.61. The lowest BCUT2D eigenvalue weighted by atomic mass is 10.0. The fraction of sp³-hybridized carbons (Fsp3) is 0.381. The maximum Gasteiger partial charge on any atom is 0.254 e. The third kappa shape index (κ3) is 4.09. The number of amides is 1. The van der Waals surface area contributed by atoms with Crippen molar-refractivity contribution < 1.29 is 22.7 Å². The predicted molar refractivity (Wildman–Crippen MR) is 110 cm³/mol. The summed E-state index contributed by atoms with van der Waals surface area (Å²) in [6, 6.07) is 11.6. The second-order valence-corrected chi connectivity index (χ2v) is 9.23. The highest BCUT2D eigenvalue weighted by Gasteiger charge is 2.33. The van der Waals surface area contributed by atoms with Gasteiger partial charge in [0.2, 0.25) is 10.0 Å². The minimum absolute atomic E-state index is 0.103. The number of hydrogen-bond donors (Lipinski definition) is 0. The third-order valence-corrected chi connectivity index (χ3v) is 6.98. The Hall–Kier alpha value is -2.58. The summed E-state index contributed by atoms with van der Waals surface area (Å²) in [6.07, 6.45) is 1.67. The monoisotopic (exact) mass is 418 g/mol. The smallest absolute Gasteiger partial charge is 0.254 e. The number of carbonyl (C=O) groups is 1. The first-order valence-corrected chi connectivity index (χ1v) is 10.8. The lowest BCUT2D eigenvalue weighted by Crippen LogP contribution is -2.31. The summed E-state index contributed by atoms with van der Waals surface area (Å²) in [4.78, 5) is 15.1. The average molecular weight is 419 g/mol. The molecule has 0 aliphatic carbocycles. The Morgan fingerprint density at radius 2 is 1.86 bits per heavy atom. The molecule has 29 heavy (non-hydrogen) atoms. The fourth-order valence-electron chi connectivity index (χ4n) is 3.59. The molecule has 1 aliphatic rings. The molecule has 1 aliphatic heterocycles. The van der Waals surface area contributed by atoms with E-state index in [0.29, 0.717) is 23.6 Å². The molecule has 0 N–H and O–H groups in total. The summed E-state index contributed by atoms with van der Waals surface area (Å²) in [6.45, 7) is 0.601. The van der Waals surface area contributed by atoms with Crippen molar-refractivity contribution in [2.45, 2.75) is 23.8 Å². The average Bonchev–Trinajstić information content (AvgIpc) is 3.22. The van der Waals surface area contributed by atoms with Gasteiger partial charge in [0.05, 0.1) is 25.2 Å². The standard InChI is InChI=1S/C21H26N2O5S/c1-22(2)29(25,26)17-8-5-7-15(13-17)21(24)23-12-6-9-19(23)18-11-10-16(27-3)14-20(18)28-4/h5,7-8,10-11,13-14,19H,6,9,12H2,1-4H3. The SMILES string of the molecule is COc1ccc(C2CCCN2C(=O)c2cccc(S(=O)(=O)N(C)C)c2)c(OC)c1. The quantitative estimate of drug-likeness (QED) is 0.721. The van der Waals surface area contributed by atoms with Crippen LogP contribution in [-0.4, -0.2) is 58.4 Å². The molecule has 0 spiro atoms. The van der Waals surface area contributed by atoms with E-state index >= 15 is 0 Å². The normalized spacial score (nSPS) is 16.9. The van der Waals surface area contributed by atoms with E-state index in [1.54, 1.807) is 37.3 Å². The van der Waals surface area contributed by atoms with Crippen LogP contribution in [0.4, 0.5) is 0 Å². The number of methoxy groups -OCH3 is 2. The van der Waals surface area contributed by atoms with Crippen LogP contribution in [0.5, 0.6) is 11.5 Å². The summed E-state index contributed by atoms with van der Waals surface area (Å²) in [5.41, 5.74) is 1.27. The van der Waals surface area contributed by atoms with Gasteiger partial charge in [-0.2, -0.15) is 0 Å². The molecule has 0 bridgehead atoms. The zero-order valence-electron chi connectivity index (χ0n) is 17.1. The van der Waals surface area contributed by atoms with Gasteiger partial charge in [-0.1, -0.05) is 6.07 Å². The van der Waals surface area contributed by atoms with Crippen molar-refractivity contribution in [3.8, 4) is 11.5 Å². The van der Waals surface area contributed by atoms with Crippen LogP contribution in [-0.2, 0) is 10.0 Å². The second kappa shape index (κ2) is 8.42. The molecule has 0 aromatic heterocycles. The highest BCUT2D eigenvalue weighted by molar-refractivity contribution is 7.89. The van der Waals surface area contributed by atoms with Crippen LogP contribution >= 0.6 is 0 Å². The van der Waals surface area contributed by atoms with E-state index in [-0.39, 0.29) is 16.8 Å². The number of hydrogen-bond acceptors (Lipinski definition) is 5. The Kier molecular flexibility index (Phi) is 6.14. The van der Waals surface area contributed by atoms with Gasteiger partial charge in [0.15, 0.2) is 0 Å². The molecule has 1 atom stereocenters. The molecule has 0 radical (unpaired) electrons. The summed E-state index contributed by atoms with van der Waals surface area (Å²) in [5.74, 6) is 1.15. The number of carbonyl (C=O) groups excluding carboxylic acids is 1. The van der Waals surface area contributed by atoms with Crippen molar-refractivity contribution >= 4 is 15.9 Å². The van der Waals surface area contributed by atoms with Gasteiger partial charge in [0.1, 0.15) is 11.5 Å². The van der Waals surface area contributed by atoms with Crippen LogP contribution in [0.1, 0.15) is 34.8 Å². The van der Waals surface area contributed by atoms with Gasteiger partial charge in [-0.15, -0.1) is 0 Å². The van der Waals surface area contributed by atoms with Crippen molar-refractivity contribution in [1.29, 1.82) is 0 Å². The van der Waals surface area contributed by atoms with Gasteiger partial charge in [-0.3, -0.25) is 4.79 Å². The number of benzene rings is 2. The van der Waals surface area contributed by atoms with Gasteiger partial charge in [0.25, 0.3) is 5.91 Å². The van der Waals surface area contributed by atoms with Crippen molar-refractivity contribution in [2.24, 2.45) is 0 Å². The molecule has 7 nitrogen and oxygen atoms in total. The molecule has 0 saturated carbocycles. The summed E-state index contributed by atoms with van der Waals surface area (Å²) in [7, 11) is 2.51. The first-order chi connectivity index (χ1) is 13.8. The van der Waals surface area contributed by atoms with E-state index in [1.165, 1.54) is 26.2 Å². The third-order valence-electron chi connectivity index (χ3n) is 5.17. The van der Waals surface area contributed by atoms with Crippen molar-refractivity contribution in [3.05, 3.63) is 53.6 Å². The summed E-state index contributed by atoms with van der Waals surface area (Å²) in [5, 5.41) is 0. The van der Waals surface area contributed by atoms with Gasteiger partial charge in [-0.25, -0.2) is 12.7 Å². The van der Waals surface area contributed by atoms with E-state index in [0.717, 1.165) is 22.7 Å². The highest BCUT2D eigenvalue weighted by Crippen LogP contribution is 2.39.